The fourth-order valence-electron chi connectivity index (χ4n) is 2.55. The van der Waals surface area contributed by atoms with Crippen LogP contribution in [0.15, 0.2) is 6.20 Å². The van der Waals surface area contributed by atoms with Crippen LogP contribution in [0.5, 0.6) is 0 Å². The summed E-state index contributed by atoms with van der Waals surface area (Å²) in [6.07, 6.45) is 4.13. The van der Waals surface area contributed by atoms with Crippen molar-refractivity contribution in [2.24, 2.45) is 0 Å². The molecule has 0 bridgehead atoms. The van der Waals surface area contributed by atoms with Gasteiger partial charge in [0.1, 0.15) is 5.82 Å². The molecule has 1 fully saturated rings. The summed E-state index contributed by atoms with van der Waals surface area (Å²) in [5.41, 5.74) is 6.43. The van der Waals surface area contributed by atoms with Gasteiger partial charge in [-0.3, -0.25) is 5.10 Å². The van der Waals surface area contributed by atoms with Crippen LogP contribution in [0, 0.1) is 0 Å². The number of nitrogens with one attached hydrogen (secondary N) is 1. The van der Waals surface area contributed by atoms with E-state index in [2.05, 4.69) is 25.1 Å². The first-order valence-electron chi connectivity index (χ1n) is 6.61. The van der Waals surface area contributed by atoms with E-state index in [1.165, 1.54) is 0 Å². The number of hydrogen-bond acceptors (Lipinski definition) is 6. The number of aromatic amines is 1. The zero-order chi connectivity index (χ0) is 13.2. The number of nitrogens with zero attached hydrogens (tertiary/aromatic N) is 4. The molecule has 0 unspecified atom stereocenters. The van der Waals surface area contributed by atoms with Crippen molar-refractivity contribution < 1.29 is 4.74 Å². The van der Waals surface area contributed by atoms with Gasteiger partial charge in [-0.2, -0.15) is 15.1 Å². The molecule has 2 aromatic heterocycles. The van der Waals surface area contributed by atoms with E-state index in [1.54, 1.807) is 6.20 Å². The molecule has 0 aliphatic carbocycles. The van der Waals surface area contributed by atoms with Crippen molar-refractivity contribution in [2.75, 3.05) is 30.3 Å². The largest absolute Gasteiger partial charge is 0.378 e. The molecule has 0 radical (unpaired) electrons. The monoisotopic (exact) mass is 262 g/mol. The quantitative estimate of drug-likeness (QED) is 0.855. The van der Waals surface area contributed by atoms with Gasteiger partial charge in [-0.05, 0) is 19.8 Å². The van der Waals surface area contributed by atoms with Gasteiger partial charge in [0.15, 0.2) is 5.65 Å². The number of piperidine rings is 1. The Morgan fingerprint density at radius 3 is 2.95 bits per heavy atom. The summed E-state index contributed by atoms with van der Waals surface area (Å²) in [5, 5.41) is 7.76. The number of hydrogen-bond donors (Lipinski definition) is 2. The van der Waals surface area contributed by atoms with Gasteiger partial charge >= 0.3 is 0 Å². The summed E-state index contributed by atoms with van der Waals surface area (Å²) in [6.45, 7) is 4.65. The fourth-order valence-corrected chi connectivity index (χ4v) is 2.55. The van der Waals surface area contributed by atoms with E-state index in [0.717, 1.165) is 43.7 Å². The van der Waals surface area contributed by atoms with Crippen molar-refractivity contribution in [1.29, 1.82) is 0 Å². The summed E-state index contributed by atoms with van der Waals surface area (Å²) in [4.78, 5) is 10.7. The number of anilines is 2. The maximum absolute atomic E-state index is 5.74. The highest BCUT2D eigenvalue weighted by molar-refractivity contribution is 5.87. The topological polar surface area (TPSA) is 93.0 Å². The minimum absolute atomic E-state index is 0.277. The molecule has 7 nitrogen and oxygen atoms in total. The predicted molar refractivity (Wildman–Crippen MR) is 73.0 cm³/mol. The van der Waals surface area contributed by atoms with Crippen LogP contribution in [0.25, 0.3) is 11.0 Å². The van der Waals surface area contributed by atoms with Crippen molar-refractivity contribution >= 4 is 22.8 Å². The molecular formula is C12H18N6O. The number of ether oxygens (including phenoxy) is 1. The van der Waals surface area contributed by atoms with Crippen LogP contribution < -0.4 is 10.6 Å². The molecule has 0 atom stereocenters. The average Bonchev–Trinajstić information content (AvgIpc) is 2.87. The second kappa shape index (κ2) is 5.00. The van der Waals surface area contributed by atoms with Gasteiger partial charge < -0.3 is 15.4 Å². The molecule has 19 heavy (non-hydrogen) atoms. The van der Waals surface area contributed by atoms with Gasteiger partial charge in [-0.1, -0.05) is 0 Å². The van der Waals surface area contributed by atoms with Crippen LogP contribution >= 0.6 is 0 Å². The zero-order valence-electron chi connectivity index (χ0n) is 11.0. The third kappa shape index (κ3) is 2.33. The molecule has 3 N–H and O–H groups in total. The molecule has 1 aliphatic heterocycles. The Morgan fingerprint density at radius 2 is 2.21 bits per heavy atom. The lowest BCUT2D eigenvalue weighted by Crippen LogP contribution is -2.37. The fraction of sp³-hybridized carbons (Fsp3) is 0.583. The van der Waals surface area contributed by atoms with Crippen LogP contribution in [0.2, 0.25) is 0 Å². The SMILES string of the molecule is CCOC1CCN(c2nc(N)nc3[nH]ncc23)CC1. The van der Waals surface area contributed by atoms with E-state index >= 15 is 0 Å². The lowest BCUT2D eigenvalue weighted by molar-refractivity contribution is 0.0459. The highest BCUT2D eigenvalue weighted by atomic mass is 16.5. The molecule has 2 aromatic rings. The summed E-state index contributed by atoms with van der Waals surface area (Å²) in [5.74, 6) is 1.14. The number of fused-ring (bicyclic) bond motifs is 1. The minimum atomic E-state index is 0.277. The maximum Gasteiger partial charge on any atom is 0.224 e. The number of aromatic nitrogens is 4. The maximum atomic E-state index is 5.74. The number of nitrogens with two attached hydrogens (primary N) is 1. The normalized spacial score (nSPS) is 17.2. The summed E-state index contributed by atoms with van der Waals surface area (Å²) in [6, 6.07) is 0. The Balaban J connectivity index is 1.83. The summed E-state index contributed by atoms with van der Waals surface area (Å²) in [7, 11) is 0. The third-order valence-corrected chi connectivity index (χ3v) is 3.45. The molecule has 7 heteroatoms. The Bertz CT molecular complexity index is 560. The second-order valence-corrected chi connectivity index (χ2v) is 4.68. The van der Waals surface area contributed by atoms with Crippen LogP contribution in [-0.4, -0.2) is 46.0 Å². The Morgan fingerprint density at radius 1 is 1.42 bits per heavy atom. The number of nitrogen functional groups attached to an aromatic ring is 1. The molecule has 3 heterocycles. The highest BCUT2D eigenvalue weighted by Crippen LogP contribution is 2.26. The van der Waals surface area contributed by atoms with Gasteiger partial charge in [0.05, 0.1) is 17.7 Å². The molecule has 0 spiro atoms. The van der Waals surface area contributed by atoms with E-state index in [-0.39, 0.29) is 5.95 Å². The second-order valence-electron chi connectivity index (χ2n) is 4.68. The van der Waals surface area contributed by atoms with Crippen molar-refractivity contribution in [1.82, 2.24) is 20.2 Å². The van der Waals surface area contributed by atoms with Crippen LogP contribution in [-0.2, 0) is 4.74 Å². The Hall–Kier alpha value is -1.89. The van der Waals surface area contributed by atoms with Crippen molar-refractivity contribution in [3.05, 3.63) is 6.20 Å². The van der Waals surface area contributed by atoms with E-state index in [9.17, 15) is 0 Å². The third-order valence-electron chi connectivity index (χ3n) is 3.45. The van der Waals surface area contributed by atoms with E-state index in [4.69, 9.17) is 10.5 Å². The van der Waals surface area contributed by atoms with Crippen molar-refractivity contribution in [3.8, 4) is 0 Å². The molecule has 0 saturated carbocycles. The molecule has 3 rings (SSSR count). The molecule has 0 amide bonds. The Labute approximate surface area is 111 Å². The first-order valence-corrected chi connectivity index (χ1v) is 6.61. The lowest BCUT2D eigenvalue weighted by atomic mass is 10.1. The van der Waals surface area contributed by atoms with Crippen LogP contribution in [0.4, 0.5) is 11.8 Å². The molecule has 102 valence electrons. The number of rotatable bonds is 3. The van der Waals surface area contributed by atoms with Gasteiger partial charge in [0.2, 0.25) is 5.95 Å². The zero-order valence-corrected chi connectivity index (χ0v) is 11.0. The van der Waals surface area contributed by atoms with Gasteiger partial charge in [-0.25, -0.2) is 0 Å². The van der Waals surface area contributed by atoms with E-state index < -0.39 is 0 Å². The summed E-state index contributed by atoms with van der Waals surface area (Å²) >= 11 is 0. The van der Waals surface area contributed by atoms with Crippen LogP contribution in [0.3, 0.4) is 0 Å². The van der Waals surface area contributed by atoms with Crippen molar-refractivity contribution in [2.45, 2.75) is 25.9 Å². The van der Waals surface area contributed by atoms with E-state index in [1.807, 2.05) is 6.92 Å². The average molecular weight is 262 g/mol. The van der Waals surface area contributed by atoms with Gasteiger partial charge in [0.25, 0.3) is 0 Å². The first kappa shape index (κ1) is 12.2. The summed E-state index contributed by atoms with van der Waals surface area (Å²) < 4.78 is 5.66. The van der Waals surface area contributed by atoms with Gasteiger partial charge in [-0.15, -0.1) is 0 Å². The van der Waals surface area contributed by atoms with Crippen LogP contribution in [0.1, 0.15) is 19.8 Å². The molecule has 1 aliphatic rings. The molecular weight excluding hydrogens is 244 g/mol. The smallest absolute Gasteiger partial charge is 0.224 e. The molecule has 0 aromatic carbocycles. The highest BCUT2D eigenvalue weighted by Gasteiger charge is 2.22. The lowest BCUT2D eigenvalue weighted by Gasteiger charge is -2.32. The minimum Gasteiger partial charge on any atom is -0.378 e. The number of H-pyrrole nitrogens is 1. The van der Waals surface area contributed by atoms with Gasteiger partial charge in [0, 0.05) is 19.7 Å². The van der Waals surface area contributed by atoms with Crippen molar-refractivity contribution in [3.63, 3.8) is 0 Å². The van der Waals surface area contributed by atoms with E-state index in [0.29, 0.717) is 11.8 Å². The predicted octanol–water partition coefficient (Wildman–Crippen LogP) is 0.940. The first-order chi connectivity index (χ1) is 9.28. The molecule has 1 saturated heterocycles. The standard InChI is InChI=1S/C12H18N6O/c1-2-19-8-3-5-18(6-4-8)11-9-7-14-17-10(9)15-12(13)16-11/h7-8H,2-6H2,1H3,(H3,13,14,15,16,17). The Kier molecular flexibility index (Phi) is 3.20.